The fraction of sp³-hybridized carbons (Fsp3) is 0.0625. The molecule has 3 rings (SSSR count). The molecule has 3 aromatic rings. The fourth-order valence-corrected chi connectivity index (χ4v) is 2.52. The second-order valence-electron chi connectivity index (χ2n) is 4.76. The summed E-state index contributed by atoms with van der Waals surface area (Å²) in [5.41, 5.74) is 1.31. The summed E-state index contributed by atoms with van der Waals surface area (Å²) in [6.07, 6.45) is -0.0134. The van der Waals surface area contributed by atoms with Crippen molar-refractivity contribution in [3.63, 3.8) is 0 Å². The zero-order valence-corrected chi connectivity index (χ0v) is 13.3. The number of nitrogens with one attached hydrogen (secondary N) is 1. The average molecular weight is 348 g/mol. The van der Waals surface area contributed by atoms with Crippen LogP contribution in [0.2, 0.25) is 10.0 Å². The molecule has 0 saturated carbocycles. The minimum absolute atomic E-state index is 0.0134. The van der Waals surface area contributed by atoms with Crippen LogP contribution in [-0.4, -0.2) is 16.0 Å². The summed E-state index contributed by atoms with van der Waals surface area (Å²) < 4.78 is 5.16. The lowest BCUT2D eigenvalue weighted by Crippen LogP contribution is -2.15. The van der Waals surface area contributed by atoms with Crippen LogP contribution in [0.1, 0.15) is 5.82 Å². The summed E-state index contributed by atoms with van der Waals surface area (Å²) in [5.74, 6) is 0.387. The number of benzene rings is 2. The molecule has 0 fully saturated rings. The van der Waals surface area contributed by atoms with Crippen molar-refractivity contribution < 1.29 is 9.32 Å². The number of rotatable bonds is 4. The van der Waals surface area contributed by atoms with Crippen LogP contribution in [0.4, 0.5) is 5.69 Å². The Morgan fingerprint density at radius 1 is 1.09 bits per heavy atom. The maximum Gasteiger partial charge on any atom is 0.257 e. The van der Waals surface area contributed by atoms with Crippen molar-refractivity contribution >= 4 is 34.8 Å². The van der Waals surface area contributed by atoms with Gasteiger partial charge >= 0.3 is 0 Å². The van der Waals surface area contributed by atoms with Crippen LogP contribution < -0.4 is 5.32 Å². The van der Waals surface area contributed by atoms with E-state index in [4.69, 9.17) is 27.7 Å². The van der Waals surface area contributed by atoms with Crippen LogP contribution >= 0.6 is 23.2 Å². The molecule has 23 heavy (non-hydrogen) atoms. The van der Waals surface area contributed by atoms with Gasteiger partial charge in [-0.15, -0.1) is 0 Å². The molecule has 116 valence electrons. The SMILES string of the molecule is O=C(Cc1noc(-c2ccccc2)n1)Nc1cc(Cl)cc(Cl)c1. The van der Waals surface area contributed by atoms with Crippen LogP contribution in [-0.2, 0) is 11.2 Å². The van der Waals surface area contributed by atoms with Crippen molar-refractivity contribution in [1.82, 2.24) is 10.1 Å². The van der Waals surface area contributed by atoms with Crippen molar-refractivity contribution in [1.29, 1.82) is 0 Å². The maximum absolute atomic E-state index is 12.0. The first-order valence-electron chi connectivity index (χ1n) is 6.74. The molecular weight excluding hydrogens is 337 g/mol. The Balaban J connectivity index is 1.68. The lowest BCUT2D eigenvalue weighted by atomic mass is 10.2. The molecule has 0 unspecified atom stereocenters. The second-order valence-corrected chi connectivity index (χ2v) is 5.64. The zero-order chi connectivity index (χ0) is 16.2. The monoisotopic (exact) mass is 347 g/mol. The van der Waals surface area contributed by atoms with Gasteiger partial charge in [-0.05, 0) is 30.3 Å². The van der Waals surface area contributed by atoms with Crippen molar-refractivity contribution in [2.75, 3.05) is 5.32 Å². The number of anilines is 1. The van der Waals surface area contributed by atoms with E-state index in [0.717, 1.165) is 5.56 Å². The number of hydrogen-bond donors (Lipinski definition) is 1. The first-order valence-corrected chi connectivity index (χ1v) is 7.50. The van der Waals surface area contributed by atoms with E-state index >= 15 is 0 Å². The third-order valence-corrected chi connectivity index (χ3v) is 3.39. The van der Waals surface area contributed by atoms with Crippen molar-refractivity contribution in [3.05, 3.63) is 64.4 Å². The molecule has 5 nitrogen and oxygen atoms in total. The summed E-state index contributed by atoms with van der Waals surface area (Å²) in [6, 6.07) is 14.1. The van der Waals surface area contributed by atoms with Crippen LogP contribution in [0.15, 0.2) is 53.1 Å². The molecule has 0 aliphatic carbocycles. The molecular formula is C16H11Cl2N3O2. The fourth-order valence-electron chi connectivity index (χ4n) is 2.00. The van der Waals surface area contributed by atoms with Crippen LogP contribution in [0.5, 0.6) is 0 Å². The number of nitrogens with zero attached hydrogens (tertiary/aromatic N) is 2. The first kappa shape index (κ1) is 15.5. The number of carbonyl (C=O) groups excluding carboxylic acids is 1. The van der Waals surface area contributed by atoms with Gasteiger partial charge in [0.15, 0.2) is 5.82 Å². The molecule has 0 aliphatic heterocycles. The zero-order valence-electron chi connectivity index (χ0n) is 11.8. The van der Waals surface area contributed by atoms with Gasteiger partial charge in [0.1, 0.15) is 0 Å². The Morgan fingerprint density at radius 2 is 1.78 bits per heavy atom. The molecule has 1 amide bonds. The van der Waals surface area contributed by atoms with E-state index in [2.05, 4.69) is 15.5 Å². The lowest BCUT2D eigenvalue weighted by molar-refractivity contribution is -0.115. The smallest absolute Gasteiger partial charge is 0.257 e. The van der Waals surface area contributed by atoms with Gasteiger partial charge in [0.2, 0.25) is 5.91 Å². The van der Waals surface area contributed by atoms with Crippen LogP contribution in [0.25, 0.3) is 11.5 Å². The van der Waals surface area contributed by atoms with Gasteiger partial charge in [-0.3, -0.25) is 4.79 Å². The number of carbonyl (C=O) groups is 1. The normalized spacial score (nSPS) is 10.5. The van der Waals surface area contributed by atoms with Crippen LogP contribution in [0.3, 0.4) is 0 Å². The predicted molar refractivity (Wildman–Crippen MR) is 88.5 cm³/mol. The highest BCUT2D eigenvalue weighted by molar-refractivity contribution is 6.35. The highest BCUT2D eigenvalue weighted by Crippen LogP contribution is 2.22. The molecule has 1 aromatic heterocycles. The molecule has 1 heterocycles. The number of hydrogen-bond acceptors (Lipinski definition) is 4. The Kier molecular flexibility index (Phi) is 4.60. The summed E-state index contributed by atoms with van der Waals surface area (Å²) in [4.78, 5) is 16.2. The molecule has 0 radical (unpaired) electrons. The first-order chi connectivity index (χ1) is 11.1. The molecule has 1 N–H and O–H groups in total. The highest BCUT2D eigenvalue weighted by atomic mass is 35.5. The van der Waals surface area contributed by atoms with Gasteiger partial charge in [-0.25, -0.2) is 0 Å². The van der Waals surface area contributed by atoms with Gasteiger partial charge < -0.3 is 9.84 Å². The Morgan fingerprint density at radius 3 is 2.48 bits per heavy atom. The van der Waals surface area contributed by atoms with Crippen molar-refractivity contribution in [2.24, 2.45) is 0 Å². The molecule has 0 spiro atoms. The second kappa shape index (κ2) is 6.81. The van der Waals surface area contributed by atoms with E-state index in [-0.39, 0.29) is 12.3 Å². The third kappa shape index (κ3) is 4.09. The quantitative estimate of drug-likeness (QED) is 0.766. The highest BCUT2D eigenvalue weighted by Gasteiger charge is 2.12. The summed E-state index contributed by atoms with van der Waals surface area (Å²) in [7, 11) is 0. The molecule has 0 atom stereocenters. The summed E-state index contributed by atoms with van der Waals surface area (Å²) in [5, 5.41) is 7.39. The predicted octanol–water partition coefficient (Wildman–Crippen LogP) is 4.22. The molecule has 0 aliphatic rings. The third-order valence-electron chi connectivity index (χ3n) is 2.95. The number of halogens is 2. The van der Waals surface area contributed by atoms with E-state index in [0.29, 0.717) is 27.4 Å². The molecule has 0 bridgehead atoms. The minimum Gasteiger partial charge on any atom is -0.334 e. The summed E-state index contributed by atoms with van der Waals surface area (Å²) >= 11 is 11.8. The standard InChI is InChI=1S/C16H11Cl2N3O2/c17-11-6-12(18)8-13(7-11)19-15(22)9-14-20-16(23-21-14)10-4-2-1-3-5-10/h1-8H,9H2,(H,19,22). The topological polar surface area (TPSA) is 68.0 Å². The van der Waals surface area contributed by atoms with E-state index in [1.54, 1.807) is 18.2 Å². The molecule has 7 heteroatoms. The number of amides is 1. The summed E-state index contributed by atoms with van der Waals surface area (Å²) in [6.45, 7) is 0. The Hall–Kier alpha value is -2.37. The lowest BCUT2D eigenvalue weighted by Gasteiger charge is -2.04. The Bertz CT molecular complexity index is 814. The van der Waals surface area contributed by atoms with E-state index < -0.39 is 0 Å². The Labute approximate surface area is 142 Å². The van der Waals surface area contributed by atoms with Crippen molar-refractivity contribution in [2.45, 2.75) is 6.42 Å². The van der Waals surface area contributed by atoms with Gasteiger partial charge in [0.05, 0.1) is 6.42 Å². The van der Waals surface area contributed by atoms with E-state index in [9.17, 15) is 4.79 Å². The van der Waals surface area contributed by atoms with Gasteiger partial charge in [0.25, 0.3) is 5.89 Å². The van der Waals surface area contributed by atoms with Gasteiger partial charge in [0, 0.05) is 21.3 Å². The average Bonchev–Trinajstić information content (AvgIpc) is 2.95. The van der Waals surface area contributed by atoms with Crippen LogP contribution in [0, 0.1) is 0 Å². The van der Waals surface area contributed by atoms with Crippen molar-refractivity contribution in [3.8, 4) is 11.5 Å². The van der Waals surface area contributed by atoms with Gasteiger partial charge in [-0.2, -0.15) is 4.98 Å². The van der Waals surface area contributed by atoms with E-state index in [1.807, 2.05) is 30.3 Å². The minimum atomic E-state index is -0.288. The molecule has 2 aromatic carbocycles. The van der Waals surface area contributed by atoms with Gasteiger partial charge in [-0.1, -0.05) is 46.6 Å². The molecule has 0 saturated heterocycles. The number of aromatic nitrogens is 2. The largest absolute Gasteiger partial charge is 0.334 e. The maximum atomic E-state index is 12.0. The van der Waals surface area contributed by atoms with E-state index in [1.165, 1.54) is 0 Å².